The van der Waals surface area contributed by atoms with E-state index in [1.165, 1.54) is 0 Å². The molecule has 0 rings (SSSR count). The van der Waals surface area contributed by atoms with Gasteiger partial charge in [0.05, 0.1) is 26.1 Å². The summed E-state index contributed by atoms with van der Waals surface area (Å²) in [5.41, 5.74) is 0. The third kappa shape index (κ3) is 45.0. The van der Waals surface area contributed by atoms with Crippen molar-refractivity contribution in [1.82, 2.24) is 0 Å². The van der Waals surface area contributed by atoms with Gasteiger partial charge in [0.1, 0.15) is 0 Å². The van der Waals surface area contributed by atoms with Crippen LogP contribution in [0.1, 0.15) is 46.5 Å². The van der Waals surface area contributed by atoms with Crippen LogP contribution in [-0.4, -0.2) is 29.8 Å². The van der Waals surface area contributed by atoms with Crippen molar-refractivity contribution in [2.45, 2.75) is 46.5 Å². The number of halogens is 2. The Morgan fingerprint density at radius 3 is 1.48 bits per heavy atom. The fourth-order valence-electron chi connectivity index (χ4n) is 0.904. The van der Waals surface area contributed by atoms with Gasteiger partial charge in [-0.2, -0.15) is 0 Å². The van der Waals surface area contributed by atoms with Crippen molar-refractivity contribution in [3.63, 3.8) is 0 Å². The summed E-state index contributed by atoms with van der Waals surface area (Å²) in [7, 11) is 0. The Kier molecular flexibility index (Phi) is 34.1. The predicted molar refractivity (Wildman–Crippen MR) is 108 cm³/mol. The minimum absolute atomic E-state index is 0.164. The number of esters is 2. The Labute approximate surface area is 168 Å². The van der Waals surface area contributed by atoms with Gasteiger partial charge in [0.15, 0.2) is 4.69 Å². The summed E-state index contributed by atoms with van der Waals surface area (Å²) in [6, 6.07) is 0. The van der Waals surface area contributed by atoms with Crippen LogP contribution in [0.2, 0.25) is 0 Å². The number of allylic oxidation sites excluding steroid dienone is 1. The summed E-state index contributed by atoms with van der Waals surface area (Å²) in [5, 5.41) is 0. The maximum atomic E-state index is 10.7. The highest BCUT2D eigenvalue weighted by molar-refractivity contribution is 9.18. The Bertz CT molecular complexity index is 404. The average Bonchev–Trinajstić information content (AvgIpc) is 2.55. The smallest absolute Gasteiger partial charge is 0.306 e. The number of rotatable bonds is 8. The van der Waals surface area contributed by atoms with Gasteiger partial charge in [-0.3, -0.25) is 14.4 Å². The molecule has 25 heavy (non-hydrogen) atoms. The van der Waals surface area contributed by atoms with Crippen LogP contribution >= 0.6 is 31.9 Å². The fourth-order valence-corrected chi connectivity index (χ4v) is 1.30. The van der Waals surface area contributed by atoms with Crippen molar-refractivity contribution in [2.75, 3.05) is 13.2 Å². The molecule has 0 amide bonds. The first-order valence-electron chi connectivity index (χ1n) is 7.28. The number of hydrogen-bond donors (Lipinski definition) is 0. The van der Waals surface area contributed by atoms with E-state index in [1.54, 1.807) is 20.8 Å². The third-order valence-corrected chi connectivity index (χ3v) is 2.53. The summed E-state index contributed by atoms with van der Waals surface area (Å²) in [4.78, 5) is 31.5. The van der Waals surface area contributed by atoms with Gasteiger partial charge in [-0.05, 0) is 47.6 Å². The molecule has 0 spiro atoms. The fraction of sp³-hybridized carbons (Fsp3) is 0.500. The molecular formula is C18H26Br2O5. The highest BCUT2D eigenvalue weighted by atomic mass is 79.9. The molecular weight excluding hydrogens is 456 g/mol. The Morgan fingerprint density at radius 1 is 0.920 bits per heavy atom. The second kappa shape index (κ2) is 27.3. The van der Waals surface area contributed by atoms with Gasteiger partial charge >= 0.3 is 11.9 Å². The lowest BCUT2D eigenvalue weighted by atomic mass is 10.3. The standard InChI is InChI=1S/C7H11BrO2.C6H9BrO3.C3H4.C2H2/c1-3-10-7(9)5-4-6(2)8;1-2-10-6(9)4-3-5(7)8;1-3-2;1-2/h2-5H2,1H3;2-4H2,1H3;1H,2H3;1-2H. The molecule has 0 fully saturated rings. The molecule has 0 aliphatic rings. The number of terminal acetylenes is 2. The lowest BCUT2D eigenvalue weighted by molar-refractivity contribution is -0.144. The monoisotopic (exact) mass is 480 g/mol. The summed E-state index contributed by atoms with van der Waals surface area (Å²) < 4.78 is 9.94. The topological polar surface area (TPSA) is 69.7 Å². The predicted octanol–water partition coefficient (Wildman–Crippen LogP) is 4.38. The van der Waals surface area contributed by atoms with Crippen LogP contribution in [0.3, 0.4) is 0 Å². The first kappa shape index (κ1) is 31.2. The molecule has 0 aromatic rings. The van der Waals surface area contributed by atoms with Crippen LogP contribution in [0.5, 0.6) is 0 Å². The molecule has 5 nitrogen and oxygen atoms in total. The number of ether oxygens (including phenoxy) is 2. The van der Waals surface area contributed by atoms with Crippen LogP contribution in [-0.2, 0) is 23.9 Å². The molecule has 0 saturated carbocycles. The number of hydrogen-bond acceptors (Lipinski definition) is 5. The van der Waals surface area contributed by atoms with E-state index in [0.717, 1.165) is 4.48 Å². The van der Waals surface area contributed by atoms with E-state index in [1.807, 2.05) is 0 Å². The largest absolute Gasteiger partial charge is 0.466 e. The van der Waals surface area contributed by atoms with Gasteiger partial charge in [-0.25, -0.2) is 0 Å². The van der Waals surface area contributed by atoms with Gasteiger partial charge in [0.25, 0.3) is 0 Å². The van der Waals surface area contributed by atoms with Crippen LogP contribution in [0.4, 0.5) is 0 Å². The van der Waals surface area contributed by atoms with Crippen molar-refractivity contribution in [3.05, 3.63) is 11.1 Å². The Hall–Kier alpha value is -1.57. The van der Waals surface area contributed by atoms with E-state index in [9.17, 15) is 14.4 Å². The molecule has 0 heterocycles. The van der Waals surface area contributed by atoms with E-state index in [-0.39, 0.29) is 29.5 Å². The van der Waals surface area contributed by atoms with E-state index in [2.05, 4.69) is 68.4 Å². The van der Waals surface area contributed by atoms with Crippen molar-refractivity contribution in [2.24, 2.45) is 0 Å². The molecule has 0 aromatic heterocycles. The van der Waals surface area contributed by atoms with Gasteiger partial charge in [-0.1, -0.05) is 22.5 Å². The molecule has 0 saturated heterocycles. The van der Waals surface area contributed by atoms with E-state index in [4.69, 9.17) is 4.74 Å². The van der Waals surface area contributed by atoms with Crippen molar-refractivity contribution >= 4 is 48.5 Å². The van der Waals surface area contributed by atoms with E-state index >= 15 is 0 Å². The Balaban J connectivity index is -0.000000140. The summed E-state index contributed by atoms with van der Waals surface area (Å²) in [6.07, 6.45) is 14.0. The van der Waals surface area contributed by atoms with E-state index < -0.39 is 0 Å². The maximum absolute atomic E-state index is 10.7. The lowest BCUT2D eigenvalue weighted by Gasteiger charge is -1.98. The van der Waals surface area contributed by atoms with Crippen molar-refractivity contribution in [3.8, 4) is 25.2 Å². The second-order valence-electron chi connectivity index (χ2n) is 3.77. The van der Waals surface area contributed by atoms with Crippen LogP contribution in [0.25, 0.3) is 0 Å². The van der Waals surface area contributed by atoms with E-state index in [0.29, 0.717) is 26.1 Å². The minimum atomic E-state index is -0.324. The van der Waals surface area contributed by atoms with Crippen molar-refractivity contribution in [1.29, 1.82) is 0 Å². The summed E-state index contributed by atoms with van der Waals surface area (Å²) in [5.74, 6) is 1.76. The zero-order valence-electron chi connectivity index (χ0n) is 15.0. The van der Waals surface area contributed by atoms with Crippen LogP contribution < -0.4 is 0 Å². The zero-order valence-corrected chi connectivity index (χ0v) is 18.2. The van der Waals surface area contributed by atoms with Crippen molar-refractivity contribution < 1.29 is 23.9 Å². The SMILES string of the molecule is C#C.C#CC.C=C(Br)CCC(=O)OCC.CCOC(=O)CCC(=O)Br. The summed E-state index contributed by atoms with van der Waals surface area (Å²) >= 11 is 5.86. The Morgan fingerprint density at radius 2 is 1.24 bits per heavy atom. The highest BCUT2D eigenvalue weighted by Crippen LogP contribution is 2.09. The quantitative estimate of drug-likeness (QED) is 0.292. The molecule has 0 atom stereocenters. The molecule has 142 valence electrons. The average molecular weight is 482 g/mol. The molecule has 0 aromatic carbocycles. The van der Waals surface area contributed by atoms with Gasteiger partial charge in [-0.15, -0.1) is 25.2 Å². The summed E-state index contributed by atoms with van der Waals surface area (Å²) in [6.45, 7) is 9.59. The molecule has 7 heteroatoms. The third-order valence-electron chi connectivity index (χ3n) is 1.74. The van der Waals surface area contributed by atoms with Gasteiger partial charge in [0.2, 0.25) is 0 Å². The zero-order chi connectivity index (χ0) is 20.7. The number of carbonyl (C=O) groups is 3. The molecule has 0 radical (unpaired) electrons. The minimum Gasteiger partial charge on any atom is -0.466 e. The molecule has 0 aliphatic heterocycles. The second-order valence-corrected chi connectivity index (χ2v) is 5.78. The number of carbonyl (C=O) groups excluding carboxylic acids is 3. The van der Waals surface area contributed by atoms with Crippen LogP contribution in [0, 0.1) is 25.2 Å². The first-order valence-corrected chi connectivity index (χ1v) is 8.87. The molecule has 0 N–H and O–H groups in total. The lowest BCUT2D eigenvalue weighted by Crippen LogP contribution is -2.04. The highest BCUT2D eigenvalue weighted by Gasteiger charge is 2.03. The van der Waals surface area contributed by atoms with Gasteiger partial charge < -0.3 is 9.47 Å². The molecule has 0 unspecified atom stereocenters. The maximum Gasteiger partial charge on any atom is 0.306 e. The first-order chi connectivity index (χ1) is 11.7. The van der Waals surface area contributed by atoms with Crippen LogP contribution in [0.15, 0.2) is 11.1 Å². The molecule has 0 aliphatic carbocycles. The normalized spacial score (nSPS) is 7.60. The molecule has 0 bridgehead atoms. The van der Waals surface area contributed by atoms with Gasteiger partial charge in [0, 0.05) is 6.42 Å².